The number of imidazole rings is 1. The Morgan fingerprint density at radius 1 is 1.73 bits per heavy atom. The lowest BCUT2D eigenvalue weighted by Gasteiger charge is -2.18. The van der Waals surface area contributed by atoms with Crippen LogP contribution in [0.25, 0.3) is 0 Å². The SMILES string of the molecule is CCC(c1c([N+](=O)[O-])ncn1C)C(C)N. The van der Waals surface area contributed by atoms with Gasteiger partial charge >= 0.3 is 5.82 Å². The molecule has 0 fully saturated rings. The average molecular weight is 212 g/mol. The first-order valence-electron chi connectivity index (χ1n) is 4.90. The van der Waals surface area contributed by atoms with E-state index in [1.165, 1.54) is 6.33 Å². The van der Waals surface area contributed by atoms with Crippen LogP contribution in [-0.2, 0) is 7.05 Å². The summed E-state index contributed by atoms with van der Waals surface area (Å²) in [5.41, 5.74) is 6.42. The van der Waals surface area contributed by atoms with Crippen LogP contribution in [0.4, 0.5) is 5.82 Å². The van der Waals surface area contributed by atoms with E-state index in [1.54, 1.807) is 11.6 Å². The third-order valence-corrected chi connectivity index (χ3v) is 2.56. The van der Waals surface area contributed by atoms with Gasteiger partial charge in [-0.1, -0.05) is 6.92 Å². The van der Waals surface area contributed by atoms with Crippen LogP contribution in [0, 0.1) is 10.1 Å². The molecule has 0 aliphatic heterocycles. The molecule has 1 aromatic rings. The highest BCUT2D eigenvalue weighted by Gasteiger charge is 2.28. The Kier molecular flexibility index (Phi) is 3.41. The number of aryl methyl sites for hydroxylation is 1. The second-order valence-corrected chi connectivity index (χ2v) is 3.70. The highest BCUT2D eigenvalue weighted by atomic mass is 16.6. The van der Waals surface area contributed by atoms with Crippen LogP contribution < -0.4 is 5.73 Å². The molecule has 1 heterocycles. The molecule has 84 valence electrons. The topological polar surface area (TPSA) is 87.0 Å². The Bertz CT molecular complexity index is 359. The van der Waals surface area contributed by atoms with Crippen molar-refractivity contribution in [1.82, 2.24) is 9.55 Å². The Morgan fingerprint density at radius 2 is 2.33 bits per heavy atom. The van der Waals surface area contributed by atoms with Crippen molar-refractivity contribution in [2.45, 2.75) is 32.2 Å². The molecule has 0 amide bonds. The first kappa shape index (κ1) is 11.6. The van der Waals surface area contributed by atoms with Gasteiger partial charge < -0.3 is 20.4 Å². The Hall–Kier alpha value is -1.43. The monoisotopic (exact) mass is 212 g/mol. The Morgan fingerprint density at radius 3 is 2.73 bits per heavy atom. The number of nitrogens with two attached hydrogens (primary N) is 1. The first-order chi connectivity index (χ1) is 6.99. The maximum Gasteiger partial charge on any atom is 0.385 e. The molecule has 2 unspecified atom stereocenters. The van der Waals surface area contributed by atoms with Gasteiger partial charge in [-0.25, -0.2) is 0 Å². The Balaban J connectivity index is 3.20. The minimum Gasteiger partial charge on any atom is -0.358 e. The minimum absolute atomic E-state index is 0.0297. The minimum atomic E-state index is -0.458. The summed E-state index contributed by atoms with van der Waals surface area (Å²) in [4.78, 5) is 14.1. The van der Waals surface area contributed by atoms with E-state index in [1.807, 2.05) is 13.8 Å². The van der Waals surface area contributed by atoms with Crippen LogP contribution >= 0.6 is 0 Å². The molecule has 6 heteroatoms. The van der Waals surface area contributed by atoms with Crippen LogP contribution in [0.5, 0.6) is 0 Å². The molecule has 0 aliphatic carbocycles. The molecule has 2 atom stereocenters. The zero-order valence-electron chi connectivity index (χ0n) is 9.17. The zero-order chi connectivity index (χ0) is 11.6. The van der Waals surface area contributed by atoms with Crippen molar-refractivity contribution >= 4 is 5.82 Å². The molecular weight excluding hydrogens is 196 g/mol. The smallest absolute Gasteiger partial charge is 0.358 e. The lowest BCUT2D eigenvalue weighted by molar-refractivity contribution is -0.390. The standard InChI is InChI=1S/C9H16N4O2/c1-4-7(6(2)10)8-9(13(14)15)11-5-12(8)3/h5-7H,4,10H2,1-3H3. The van der Waals surface area contributed by atoms with Crippen LogP contribution in [0.3, 0.4) is 0 Å². The maximum absolute atomic E-state index is 10.8. The van der Waals surface area contributed by atoms with Crippen molar-refractivity contribution in [2.75, 3.05) is 0 Å². The molecule has 0 bridgehead atoms. The van der Waals surface area contributed by atoms with E-state index in [2.05, 4.69) is 4.98 Å². The second kappa shape index (κ2) is 4.39. The van der Waals surface area contributed by atoms with Gasteiger partial charge in [0.25, 0.3) is 0 Å². The molecule has 1 aromatic heterocycles. The lowest BCUT2D eigenvalue weighted by Crippen LogP contribution is -2.26. The third-order valence-electron chi connectivity index (χ3n) is 2.56. The van der Waals surface area contributed by atoms with Gasteiger partial charge in [-0.2, -0.15) is 0 Å². The van der Waals surface area contributed by atoms with Gasteiger partial charge in [-0.05, 0) is 23.3 Å². The number of nitro groups is 1. The van der Waals surface area contributed by atoms with Gasteiger partial charge in [0, 0.05) is 19.0 Å². The van der Waals surface area contributed by atoms with Gasteiger partial charge in [-0.3, -0.25) is 0 Å². The zero-order valence-corrected chi connectivity index (χ0v) is 9.17. The van der Waals surface area contributed by atoms with Gasteiger partial charge in [0.1, 0.15) is 5.69 Å². The summed E-state index contributed by atoms with van der Waals surface area (Å²) >= 11 is 0. The normalized spacial score (nSPS) is 14.9. The molecule has 15 heavy (non-hydrogen) atoms. The van der Waals surface area contributed by atoms with Crippen LogP contribution in [0.1, 0.15) is 31.9 Å². The number of hydrogen-bond donors (Lipinski definition) is 1. The molecule has 0 saturated carbocycles. The summed E-state index contributed by atoms with van der Waals surface area (Å²) < 4.78 is 1.68. The second-order valence-electron chi connectivity index (χ2n) is 3.70. The summed E-state index contributed by atoms with van der Waals surface area (Å²) in [7, 11) is 1.75. The molecule has 1 rings (SSSR count). The van der Waals surface area contributed by atoms with Crippen molar-refractivity contribution in [3.8, 4) is 0 Å². The summed E-state index contributed by atoms with van der Waals surface area (Å²) in [5.74, 6) is -0.112. The first-order valence-corrected chi connectivity index (χ1v) is 4.90. The van der Waals surface area contributed by atoms with E-state index >= 15 is 0 Å². The number of hydrogen-bond acceptors (Lipinski definition) is 4. The van der Waals surface area contributed by atoms with Crippen molar-refractivity contribution in [3.05, 3.63) is 22.1 Å². The van der Waals surface area contributed by atoms with Crippen LogP contribution in [0.2, 0.25) is 0 Å². The maximum atomic E-state index is 10.8. The summed E-state index contributed by atoms with van der Waals surface area (Å²) in [6.07, 6.45) is 2.22. The Labute approximate surface area is 88.3 Å². The molecule has 0 aromatic carbocycles. The quantitative estimate of drug-likeness (QED) is 0.599. The van der Waals surface area contributed by atoms with Gasteiger partial charge in [-0.15, -0.1) is 0 Å². The fourth-order valence-electron chi connectivity index (χ4n) is 1.81. The van der Waals surface area contributed by atoms with E-state index in [0.29, 0.717) is 5.69 Å². The van der Waals surface area contributed by atoms with Gasteiger partial charge in [0.2, 0.25) is 6.33 Å². The van der Waals surface area contributed by atoms with Crippen molar-refractivity contribution < 1.29 is 4.92 Å². The van der Waals surface area contributed by atoms with E-state index in [4.69, 9.17) is 5.73 Å². The predicted octanol–water partition coefficient (Wildman–Crippen LogP) is 1.17. The molecular formula is C9H16N4O2. The molecule has 0 aliphatic rings. The highest BCUT2D eigenvalue weighted by Crippen LogP contribution is 2.28. The average Bonchev–Trinajstić information content (AvgIpc) is 2.49. The van der Waals surface area contributed by atoms with E-state index in [-0.39, 0.29) is 17.8 Å². The van der Waals surface area contributed by atoms with Crippen LogP contribution in [-0.4, -0.2) is 20.5 Å². The molecule has 6 nitrogen and oxygen atoms in total. The van der Waals surface area contributed by atoms with E-state index < -0.39 is 4.92 Å². The highest BCUT2D eigenvalue weighted by molar-refractivity contribution is 5.31. The fraction of sp³-hybridized carbons (Fsp3) is 0.667. The number of aromatic nitrogens is 2. The van der Waals surface area contributed by atoms with Gasteiger partial charge in [0.15, 0.2) is 0 Å². The molecule has 0 spiro atoms. The van der Waals surface area contributed by atoms with Crippen LogP contribution in [0.15, 0.2) is 6.33 Å². The molecule has 0 radical (unpaired) electrons. The summed E-state index contributed by atoms with van der Waals surface area (Å²) in [6.45, 7) is 3.82. The summed E-state index contributed by atoms with van der Waals surface area (Å²) in [6, 6.07) is -0.121. The largest absolute Gasteiger partial charge is 0.385 e. The van der Waals surface area contributed by atoms with E-state index in [0.717, 1.165) is 6.42 Å². The molecule has 0 saturated heterocycles. The van der Waals surface area contributed by atoms with E-state index in [9.17, 15) is 10.1 Å². The number of nitrogens with zero attached hydrogens (tertiary/aromatic N) is 3. The van der Waals surface area contributed by atoms with Crippen molar-refractivity contribution in [3.63, 3.8) is 0 Å². The third kappa shape index (κ3) is 2.15. The summed E-state index contributed by atoms with van der Waals surface area (Å²) in [5, 5.41) is 10.8. The predicted molar refractivity (Wildman–Crippen MR) is 56.5 cm³/mol. The van der Waals surface area contributed by atoms with Gasteiger partial charge in [0.05, 0.1) is 0 Å². The van der Waals surface area contributed by atoms with Crippen molar-refractivity contribution in [2.24, 2.45) is 12.8 Å². The number of rotatable bonds is 4. The molecule has 2 N–H and O–H groups in total. The fourth-order valence-corrected chi connectivity index (χ4v) is 1.81. The lowest BCUT2D eigenvalue weighted by atomic mass is 9.95. The van der Waals surface area contributed by atoms with Crippen molar-refractivity contribution in [1.29, 1.82) is 0 Å².